The summed E-state index contributed by atoms with van der Waals surface area (Å²) in [7, 11) is 3.75. The number of nitrogens with one attached hydrogen (secondary N) is 1. The van der Waals surface area contributed by atoms with E-state index in [2.05, 4.69) is 130 Å². The van der Waals surface area contributed by atoms with Gasteiger partial charge in [0.1, 0.15) is 0 Å². The lowest BCUT2D eigenvalue weighted by Crippen LogP contribution is -2.09. The average Bonchev–Trinajstić information content (AvgIpc) is 2.87. The van der Waals surface area contributed by atoms with Gasteiger partial charge in [-0.05, 0) is 99.1 Å². The van der Waals surface area contributed by atoms with Crippen molar-refractivity contribution in [3.8, 4) is 0 Å². The molecule has 0 saturated carbocycles. The van der Waals surface area contributed by atoms with Gasteiger partial charge in [-0.25, -0.2) is 0 Å². The Kier molecular flexibility index (Phi) is 10.5. The molecule has 0 unspecified atom stereocenters. The van der Waals surface area contributed by atoms with Crippen LogP contribution in [0.1, 0.15) is 75.6 Å². The van der Waals surface area contributed by atoms with Crippen molar-refractivity contribution in [3.05, 3.63) is 142 Å². The van der Waals surface area contributed by atoms with Gasteiger partial charge in [0.2, 0.25) is 0 Å². The normalized spacial score (nSPS) is 10.9. The number of hydrogen-bond acceptors (Lipinski definition) is 1. The van der Waals surface area contributed by atoms with Crippen LogP contribution < -0.4 is 5.32 Å². The second-order valence-electron chi connectivity index (χ2n) is 9.96. The van der Waals surface area contributed by atoms with Gasteiger partial charge in [0.15, 0.2) is 0 Å². The number of rotatable bonds is 8. The van der Waals surface area contributed by atoms with E-state index in [9.17, 15) is 0 Å². The van der Waals surface area contributed by atoms with Crippen molar-refractivity contribution < 1.29 is 0 Å². The molecule has 4 aromatic carbocycles. The standard InChI is InChI=1S/C33H36.C2H7N/c1-24-14-5-9-18-28(24)32(29-19-10-6-15-25(29)2)22-13-23-33(30-20-11-7-16-26(30)3)31-21-12-8-17-27(31)4;1-3-2/h5-12,14-21,32-33H,13,22-23H2,1-4H3;3H,1-2H3. The molecule has 0 radical (unpaired) electrons. The van der Waals surface area contributed by atoms with Crippen LogP contribution in [0.3, 0.4) is 0 Å². The molecule has 0 spiro atoms. The Labute approximate surface area is 219 Å². The van der Waals surface area contributed by atoms with Gasteiger partial charge < -0.3 is 5.32 Å². The Bertz CT molecular complexity index is 1040. The van der Waals surface area contributed by atoms with Crippen molar-refractivity contribution in [3.63, 3.8) is 0 Å². The Morgan fingerprint density at radius 2 is 0.667 bits per heavy atom. The van der Waals surface area contributed by atoms with Crippen molar-refractivity contribution in [1.82, 2.24) is 5.32 Å². The first-order chi connectivity index (χ1) is 17.5. The van der Waals surface area contributed by atoms with Gasteiger partial charge in [-0.1, -0.05) is 103 Å². The van der Waals surface area contributed by atoms with Gasteiger partial charge in [-0.2, -0.15) is 0 Å². The van der Waals surface area contributed by atoms with Crippen LogP contribution in [-0.4, -0.2) is 14.1 Å². The van der Waals surface area contributed by atoms with E-state index in [0.29, 0.717) is 11.8 Å². The molecule has 0 aliphatic carbocycles. The predicted molar refractivity (Wildman–Crippen MR) is 157 cm³/mol. The minimum Gasteiger partial charge on any atom is -0.323 e. The Morgan fingerprint density at radius 1 is 0.444 bits per heavy atom. The lowest BCUT2D eigenvalue weighted by molar-refractivity contribution is 0.586. The lowest BCUT2D eigenvalue weighted by Gasteiger charge is -2.25. The van der Waals surface area contributed by atoms with Crippen molar-refractivity contribution >= 4 is 0 Å². The highest BCUT2D eigenvalue weighted by atomic mass is 14.7. The zero-order chi connectivity index (χ0) is 25.9. The van der Waals surface area contributed by atoms with E-state index >= 15 is 0 Å². The van der Waals surface area contributed by atoms with E-state index in [0.717, 1.165) is 12.8 Å². The fourth-order valence-electron chi connectivity index (χ4n) is 5.39. The first-order valence-corrected chi connectivity index (χ1v) is 13.3. The van der Waals surface area contributed by atoms with Crippen LogP contribution in [0.25, 0.3) is 0 Å². The van der Waals surface area contributed by atoms with Crippen molar-refractivity contribution in [2.24, 2.45) is 0 Å². The van der Waals surface area contributed by atoms with Crippen LogP contribution in [0.4, 0.5) is 0 Å². The summed E-state index contributed by atoms with van der Waals surface area (Å²) in [5.74, 6) is 0.864. The summed E-state index contributed by atoms with van der Waals surface area (Å²) < 4.78 is 0. The Hall–Kier alpha value is -3.16. The molecule has 1 nitrogen and oxygen atoms in total. The highest BCUT2D eigenvalue weighted by Crippen LogP contribution is 2.38. The van der Waals surface area contributed by atoms with Crippen molar-refractivity contribution in [2.75, 3.05) is 14.1 Å². The summed E-state index contributed by atoms with van der Waals surface area (Å²) in [4.78, 5) is 0. The topological polar surface area (TPSA) is 12.0 Å². The van der Waals surface area contributed by atoms with E-state index in [4.69, 9.17) is 0 Å². The van der Waals surface area contributed by atoms with Crippen LogP contribution >= 0.6 is 0 Å². The van der Waals surface area contributed by atoms with Gasteiger partial charge in [0, 0.05) is 11.8 Å². The summed E-state index contributed by atoms with van der Waals surface area (Å²) >= 11 is 0. The quantitative estimate of drug-likeness (QED) is 0.267. The predicted octanol–water partition coefficient (Wildman–Crippen LogP) is 8.89. The van der Waals surface area contributed by atoms with Gasteiger partial charge in [-0.15, -0.1) is 0 Å². The number of aryl methyl sites for hydroxylation is 4. The molecule has 1 heteroatoms. The molecule has 36 heavy (non-hydrogen) atoms. The maximum absolute atomic E-state index is 2.75. The average molecular weight is 478 g/mol. The molecule has 0 fully saturated rings. The smallest absolute Gasteiger partial charge is 0.00945 e. The summed E-state index contributed by atoms with van der Waals surface area (Å²) in [6, 6.07) is 35.7. The molecule has 0 heterocycles. The lowest BCUT2D eigenvalue weighted by atomic mass is 9.79. The van der Waals surface area contributed by atoms with E-state index in [1.807, 2.05) is 14.1 Å². The fourth-order valence-corrected chi connectivity index (χ4v) is 5.39. The van der Waals surface area contributed by atoms with E-state index in [1.54, 1.807) is 0 Å². The zero-order valence-electron chi connectivity index (χ0n) is 23.0. The molecule has 0 aromatic heterocycles. The maximum Gasteiger partial charge on any atom is 0.00945 e. The Balaban J connectivity index is 0.00000115. The molecular weight excluding hydrogens is 434 g/mol. The molecule has 0 atom stereocenters. The molecule has 1 N–H and O–H groups in total. The molecule has 0 saturated heterocycles. The first-order valence-electron chi connectivity index (χ1n) is 13.3. The molecule has 0 aliphatic heterocycles. The molecule has 0 amide bonds. The van der Waals surface area contributed by atoms with Gasteiger partial charge in [0.05, 0.1) is 0 Å². The van der Waals surface area contributed by atoms with Crippen molar-refractivity contribution in [1.29, 1.82) is 0 Å². The molecule has 4 rings (SSSR count). The van der Waals surface area contributed by atoms with E-state index in [1.165, 1.54) is 50.9 Å². The van der Waals surface area contributed by atoms with E-state index in [-0.39, 0.29) is 0 Å². The fraction of sp³-hybridized carbons (Fsp3) is 0.314. The third-order valence-electron chi connectivity index (χ3n) is 7.24. The molecule has 188 valence electrons. The minimum absolute atomic E-state index is 0.432. The molecule has 0 aliphatic rings. The molecule has 0 bridgehead atoms. The van der Waals surface area contributed by atoms with Crippen LogP contribution in [0, 0.1) is 27.7 Å². The highest BCUT2D eigenvalue weighted by molar-refractivity contribution is 5.42. The summed E-state index contributed by atoms with van der Waals surface area (Å²) in [5.41, 5.74) is 11.4. The second kappa shape index (κ2) is 13.8. The SMILES string of the molecule is CNC.Cc1ccccc1C(CCCC(c1ccccc1C)c1ccccc1C)c1ccccc1C. The third-order valence-corrected chi connectivity index (χ3v) is 7.24. The van der Waals surface area contributed by atoms with E-state index < -0.39 is 0 Å². The summed E-state index contributed by atoms with van der Waals surface area (Å²) in [6.07, 6.45) is 3.49. The van der Waals surface area contributed by atoms with Crippen LogP contribution in [0.5, 0.6) is 0 Å². The minimum atomic E-state index is 0.432. The third kappa shape index (κ3) is 6.95. The molecule has 4 aromatic rings. The number of hydrogen-bond donors (Lipinski definition) is 1. The van der Waals surface area contributed by atoms with Crippen molar-refractivity contribution in [2.45, 2.75) is 58.8 Å². The largest absolute Gasteiger partial charge is 0.323 e. The summed E-state index contributed by atoms with van der Waals surface area (Å²) in [6.45, 7) is 9.02. The second-order valence-corrected chi connectivity index (χ2v) is 9.96. The highest BCUT2D eigenvalue weighted by Gasteiger charge is 2.21. The Morgan fingerprint density at radius 3 is 0.889 bits per heavy atom. The van der Waals surface area contributed by atoms with Gasteiger partial charge >= 0.3 is 0 Å². The zero-order valence-corrected chi connectivity index (χ0v) is 23.0. The van der Waals surface area contributed by atoms with Gasteiger partial charge in [0.25, 0.3) is 0 Å². The molecular formula is C35H43N. The first kappa shape index (κ1) is 27.4. The monoisotopic (exact) mass is 477 g/mol. The van der Waals surface area contributed by atoms with Gasteiger partial charge in [-0.3, -0.25) is 0 Å². The van der Waals surface area contributed by atoms with Crippen LogP contribution in [0.2, 0.25) is 0 Å². The van der Waals surface area contributed by atoms with Crippen LogP contribution in [-0.2, 0) is 0 Å². The van der Waals surface area contributed by atoms with Crippen LogP contribution in [0.15, 0.2) is 97.1 Å². The summed E-state index contributed by atoms with van der Waals surface area (Å²) in [5, 5.41) is 2.75. The maximum atomic E-state index is 2.75. The number of benzene rings is 4.